The largest absolute Gasteiger partial charge is 0.368 e. The zero-order chi connectivity index (χ0) is 12.7. The molecule has 0 spiro atoms. The third-order valence-electron chi connectivity index (χ3n) is 2.94. The van der Waals surface area contributed by atoms with Gasteiger partial charge in [0.1, 0.15) is 17.7 Å². The van der Waals surface area contributed by atoms with E-state index in [-0.39, 0.29) is 11.7 Å². The fourth-order valence-corrected chi connectivity index (χ4v) is 2.19. The summed E-state index contributed by atoms with van der Waals surface area (Å²) >= 11 is 5.99. The molecular weight excluding hydrogens is 258 g/mol. The van der Waals surface area contributed by atoms with Gasteiger partial charge in [-0.2, -0.15) is 0 Å². The maximum absolute atomic E-state index is 14.3. The molecule has 1 aliphatic rings. The molecule has 4 heteroatoms. The Balaban J connectivity index is 2.22. The first-order valence-electron chi connectivity index (χ1n) is 5.53. The number of hydrogen-bond acceptors (Lipinski definition) is 1. The molecule has 0 aliphatic carbocycles. The van der Waals surface area contributed by atoms with Crippen LogP contribution in [0.4, 0.5) is 8.78 Å². The van der Waals surface area contributed by atoms with Crippen molar-refractivity contribution < 1.29 is 13.5 Å². The third-order valence-corrected chi connectivity index (χ3v) is 3.27. The lowest BCUT2D eigenvalue weighted by Crippen LogP contribution is -1.96. The minimum Gasteiger partial charge on any atom is -0.368 e. The van der Waals surface area contributed by atoms with E-state index in [0.29, 0.717) is 22.8 Å². The first kappa shape index (κ1) is 11.6. The summed E-state index contributed by atoms with van der Waals surface area (Å²) < 4.78 is 33.2. The Labute approximate surface area is 108 Å². The topological polar surface area (TPSA) is 12.5 Å². The molecule has 0 radical (unpaired) electrons. The number of ether oxygens (including phenoxy) is 1. The van der Waals surface area contributed by atoms with E-state index in [4.69, 9.17) is 16.3 Å². The van der Waals surface area contributed by atoms with Crippen LogP contribution in [0.25, 0.3) is 11.1 Å². The van der Waals surface area contributed by atoms with E-state index in [1.807, 2.05) is 0 Å². The highest BCUT2D eigenvalue weighted by molar-refractivity contribution is 6.33. The van der Waals surface area contributed by atoms with E-state index in [0.717, 1.165) is 0 Å². The molecule has 1 aliphatic heterocycles. The van der Waals surface area contributed by atoms with Gasteiger partial charge in [-0.1, -0.05) is 35.9 Å². The zero-order valence-corrected chi connectivity index (χ0v) is 10.0. The number of rotatable bonds is 2. The molecule has 1 nitrogen and oxygen atoms in total. The molecule has 1 unspecified atom stereocenters. The van der Waals surface area contributed by atoms with Gasteiger partial charge in [-0.25, -0.2) is 8.78 Å². The fraction of sp³-hybridized carbons (Fsp3) is 0.143. The molecule has 1 heterocycles. The van der Waals surface area contributed by atoms with Crippen LogP contribution in [0.5, 0.6) is 0 Å². The zero-order valence-electron chi connectivity index (χ0n) is 9.29. The van der Waals surface area contributed by atoms with Gasteiger partial charge in [0.15, 0.2) is 0 Å². The van der Waals surface area contributed by atoms with Crippen LogP contribution in [0.2, 0.25) is 5.02 Å². The predicted molar refractivity (Wildman–Crippen MR) is 65.5 cm³/mol. The number of benzene rings is 2. The summed E-state index contributed by atoms with van der Waals surface area (Å²) in [5.41, 5.74) is 0.650. The summed E-state index contributed by atoms with van der Waals surface area (Å²) in [6.45, 7) is 0.477. The van der Waals surface area contributed by atoms with Crippen molar-refractivity contribution in [2.75, 3.05) is 6.61 Å². The molecule has 3 rings (SSSR count). The Morgan fingerprint density at radius 1 is 1.11 bits per heavy atom. The van der Waals surface area contributed by atoms with E-state index in [9.17, 15) is 8.78 Å². The van der Waals surface area contributed by atoms with Gasteiger partial charge < -0.3 is 4.74 Å². The summed E-state index contributed by atoms with van der Waals surface area (Å²) in [6.07, 6.45) is -0.258. The second-order valence-electron chi connectivity index (χ2n) is 4.13. The van der Waals surface area contributed by atoms with Crippen molar-refractivity contribution >= 4 is 11.6 Å². The summed E-state index contributed by atoms with van der Waals surface area (Å²) in [5.74, 6) is -1.21. The predicted octanol–water partition coefficient (Wildman–Crippen LogP) is 4.36. The highest BCUT2D eigenvalue weighted by Gasteiger charge is 2.30. The maximum atomic E-state index is 14.3. The molecule has 92 valence electrons. The van der Waals surface area contributed by atoms with E-state index in [1.54, 1.807) is 24.3 Å². The summed E-state index contributed by atoms with van der Waals surface area (Å²) in [7, 11) is 0. The monoisotopic (exact) mass is 266 g/mol. The lowest BCUT2D eigenvalue weighted by atomic mass is 10.00. The van der Waals surface area contributed by atoms with E-state index in [2.05, 4.69) is 0 Å². The second kappa shape index (κ2) is 4.34. The molecule has 1 fully saturated rings. The van der Waals surface area contributed by atoms with Crippen molar-refractivity contribution in [1.82, 2.24) is 0 Å². The van der Waals surface area contributed by atoms with Crippen LogP contribution in [0, 0.1) is 11.6 Å². The SMILES string of the molecule is Fc1ccc(C2CO2)c(F)c1-c1ccccc1Cl. The van der Waals surface area contributed by atoms with Gasteiger partial charge in [0.05, 0.1) is 12.2 Å². The van der Waals surface area contributed by atoms with Crippen LogP contribution in [-0.2, 0) is 4.74 Å². The molecule has 0 N–H and O–H groups in total. The molecule has 1 saturated heterocycles. The average molecular weight is 267 g/mol. The maximum Gasteiger partial charge on any atom is 0.139 e. The third kappa shape index (κ3) is 1.89. The fourth-order valence-electron chi connectivity index (χ4n) is 1.96. The van der Waals surface area contributed by atoms with E-state index >= 15 is 0 Å². The average Bonchev–Trinajstić information content (AvgIpc) is 3.16. The lowest BCUT2D eigenvalue weighted by molar-refractivity contribution is 0.407. The van der Waals surface area contributed by atoms with E-state index in [1.165, 1.54) is 12.1 Å². The van der Waals surface area contributed by atoms with Crippen LogP contribution in [0.15, 0.2) is 36.4 Å². The minimum atomic E-state index is -0.620. The Kier molecular flexibility index (Phi) is 2.80. The Bertz CT molecular complexity index is 609. The van der Waals surface area contributed by atoms with Crippen LogP contribution >= 0.6 is 11.6 Å². The molecule has 0 aromatic heterocycles. The van der Waals surface area contributed by atoms with Crippen LogP contribution < -0.4 is 0 Å². The highest BCUT2D eigenvalue weighted by Crippen LogP contribution is 2.38. The molecule has 2 aromatic rings. The van der Waals surface area contributed by atoms with Crippen LogP contribution in [-0.4, -0.2) is 6.61 Å². The van der Waals surface area contributed by atoms with Gasteiger partial charge in [0.2, 0.25) is 0 Å². The molecule has 18 heavy (non-hydrogen) atoms. The molecule has 1 atom stereocenters. The molecular formula is C14H9ClF2O. The van der Waals surface area contributed by atoms with Crippen LogP contribution in [0.1, 0.15) is 11.7 Å². The Morgan fingerprint density at radius 2 is 1.83 bits per heavy atom. The lowest BCUT2D eigenvalue weighted by Gasteiger charge is -2.10. The summed E-state index contributed by atoms with van der Waals surface area (Å²) in [6, 6.07) is 9.29. The number of hydrogen-bond donors (Lipinski definition) is 0. The number of epoxide rings is 1. The first-order valence-corrected chi connectivity index (χ1v) is 5.90. The van der Waals surface area contributed by atoms with Crippen molar-refractivity contribution in [2.24, 2.45) is 0 Å². The van der Waals surface area contributed by atoms with Gasteiger partial charge in [0, 0.05) is 16.1 Å². The Hall–Kier alpha value is -1.45. The van der Waals surface area contributed by atoms with Crippen molar-refractivity contribution in [2.45, 2.75) is 6.10 Å². The van der Waals surface area contributed by atoms with Gasteiger partial charge in [-0.05, 0) is 12.1 Å². The summed E-state index contributed by atoms with van der Waals surface area (Å²) in [4.78, 5) is 0. The number of halogens is 3. The molecule has 2 aromatic carbocycles. The van der Waals surface area contributed by atoms with Gasteiger partial charge in [-0.15, -0.1) is 0 Å². The van der Waals surface area contributed by atoms with Gasteiger partial charge >= 0.3 is 0 Å². The van der Waals surface area contributed by atoms with Crippen molar-refractivity contribution in [3.8, 4) is 11.1 Å². The highest BCUT2D eigenvalue weighted by atomic mass is 35.5. The van der Waals surface area contributed by atoms with Crippen molar-refractivity contribution in [3.63, 3.8) is 0 Å². The van der Waals surface area contributed by atoms with Crippen molar-refractivity contribution in [3.05, 3.63) is 58.6 Å². The Morgan fingerprint density at radius 3 is 2.50 bits per heavy atom. The van der Waals surface area contributed by atoms with Crippen molar-refractivity contribution in [1.29, 1.82) is 0 Å². The normalized spacial score (nSPS) is 17.8. The van der Waals surface area contributed by atoms with Gasteiger partial charge in [0.25, 0.3) is 0 Å². The standard InChI is InChI=1S/C14H9ClF2O/c15-10-4-2-1-3-8(10)13-11(16)6-5-9(14(13)17)12-7-18-12/h1-6,12H,7H2. The summed E-state index contributed by atoms with van der Waals surface area (Å²) in [5, 5.41) is 0.323. The minimum absolute atomic E-state index is 0.0893. The van der Waals surface area contributed by atoms with Crippen LogP contribution in [0.3, 0.4) is 0 Å². The first-order chi connectivity index (χ1) is 8.68. The molecule has 0 bridgehead atoms. The second-order valence-corrected chi connectivity index (χ2v) is 4.53. The quantitative estimate of drug-likeness (QED) is 0.736. The molecule has 0 amide bonds. The molecule has 0 saturated carbocycles. The van der Waals surface area contributed by atoms with E-state index < -0.39 is 11.6 Å². The smallest absolute Gasteiger partial charge is 0.139 e. The van der Waals surface area contributed by atoms with Gasteiger partial charge in [-0.3, -0.25) is 0 Å².